The second-order valence-electron chi connectivity index (χ2n) is 5.41. The molecule has 0 spiro atoms. The van der Waals surface area contributed by atoms with Gasteiger partial charge in [0.1, 0.15) is 5.75 Å². The number of carbonyl (C=O) groups excluding carboxylic acids is 1. The summed E-state index contributed by atoms with van der Waals surface area (Å²) >= 11 is 0. The molecule has 5 nitrogen and oxygen atoms in total. The maximum absolute atomic E-state index is 12.1. The monoisotopic (exact) mass is 291 g/mol. The molecule has 1 unspecified atom stereocenters. The molecule has 21 heavy (non-hydrogen) atoms. The lowest BCUT2D eigenvalue weighted by Crippen LogP contribution is -2.47. The van der Waals surface area contributed by atoms with Crippen molar-refractivity contribution in [2.45, 2.75) is 25.8 Å². The number of nitrogens with one attached hydrogen (secondary N) is 2. The van der Waals surface area contributed by atoms with E-state index in [0.717, 1.165) is 37.5 Å². The molecule has 1 saturated heterocycles. The summed E-state index contributed by atoms with van der Waals surface area (Å²) in [6.45, 7) is 5.48. The van der Waals surface area contributed by atoms with Crippen molar-refractivity contribution >= 4 is 11.6 Å². The largest absolute Gasteiger partial charge is 0.497 e. The van der Waals surface area contributed by atoms with Crippen LogP contribution in [0.1, 0.15) is 19.8 Å². The third kappa shape index (κ3) is 5.02. The van der Waals surface area contributed by atoms with Gasteiger partial charge in [-0.05, 0) is 38.1 Å². The summed E-state index contributed by atoms with van der Waals surface area (Å²) in [4.78, 5) is 14.3. The Labute approximate surface area is 126 Å². The Kier molecular flexibility index (Phi) is 6.02. The number of rotatable bonds is 6. The van der Waals surface area contributed by atoms with Gasteiger partial charge in [-0.25, -0.2) is 0 Å². The average Bonchev–Trinajstić information content (AvgIpc) is 2.48. The van der Waals surface area contributed by atoms with Gasteiger partial charge in [-0.1, -0.05) is 13.0 Å². The highest BCUT2D eigenvalue weighted by Crippen LogP contribution is 2.17. The molecule has 0 bridgehead atoms. The van der Waals surface area contributed by atoms with E-state index in [4.69, 9.17) is 4.74 Å². The molecule has 1 aromatic rings. The van der Waals surface area contributed by atoms with Gasteiger partial charge in [0.25, 0.3) is 0 Å². The van der Waals surface area contributed by atoms with Gasteiger partial charge >= 0.3 is 0 Å². The number of benzene rings is 1. The van der Waals surface area contributed by atoms with Crippen molar-refractivity contribution in [1.82, 2.24) is 10.2 Å². The number of carbonyl (C=O) groups is 1. The molecule has 1 aliphatic heterocycles. The van der Waals surface area contributed by atoms with E-state index < -0.39 is 0 Å². The van der Waals surface area contributed by atoms with Crippen LogP contribution in [0.3, 0.4) is 0 Å². The minimum absolute atomic E-state index is 0.0281. The van der Waals surface area contributed by atoms with Crippen molar-refractivity contribution in [2.24, 2.45) is 0 Å². The first-order chi connectivity index (χ1) is 10.2. The van der Waals surface area contributed by atoms with Crippen LogP contribution in [0.5, 0.6) is 5.75 Å². The zero-order chi connectivity index (χ0) is 15.1. The predicted octanol–water partition coefficient (Wildman–Crippen LogP) is 1.71. The number of hydrogen-bond acceptors (Lipinski definition) is 4. The van der Waals surface area contributed by atoms with E-state index >= 15 is 0 Å². The van der Waals surface area contributed by atoms with E-state index in [-0.39, 0.29) is 5.91 Å². The minimum atomic E-state index is 0.0281. The zero-order valence-corrected chi connectivity index (χ0v) is 12.9. The van der Waals surface area contributed by atoms with Crippen LogP contribution >= 0.6 is 0 Å². The van der Waals surface area contributed by atoms with Crippen molar-refractivity contribution in [1.29, 1.82) is 0 Å². The van der Waals surface area contributed by atoms with Crippen LogP contribution < -0.4 is 15.4 Å². The third-order valence-corrected chi connectivity index (χ3v) is 3.72. The van der Waals surface area contributed by atoms with Crippen molar-refractivity contribution < 1.29 is 9.53 Å². The van der Waals surface area contributed by atoms with Crippen LogP contribution in [0, 0.1) is 0 Å². The summed E-state index contributed by atoms with van der Waals surface area (Å²) in [5.41, 5.74) is 0.777. The number of piperidine rings is 1. The first-order valence-electron chi connectivity index (χ1n) is 7.61. The van der Waals surface area contributed by atoms with Crippen molar-refractivity contribution in [2.75, 3.05) is 38.6 Å². The summed E-state index contributed by atoms with van der Waals surface area (Å²) in [6.07, 6.45) is 2.34. The Bertz CT molecular complexity index is 463. The molecule has 0 radical (unpaired) electrons. The molecule has 116 valence electrons. The van der Waals surface area contributed by atoms with E-state index in [1.165, 1.54) is 6.42 Å². The molecule has 0 aromatic heterocycles. The molecular formula is C16H25N3O2. The van der Waals surface area contributed by atoms with Crippen LogP contribution in [0.15, 0.2) is 24.3 Å². The smallest absolute Gasteiger partial charge is 0.238 e. The molecule has 1 atom stereocenters. The van der Waals surface area contributed by atoms with Crippen LogP contribution in [0.25, 0.3) is 0 Å². The predicted molar refractivity (Wildman–Crippen MR) is 84.8 cm³/mol. The molecule has 1 aromatic carbocycles. The van der Waals surface area contributed by atoms with Crippen molar-refractivity contribution in [3.63, 3.8) is 0 Å². The standard InChI is InChI=1S/C16H25N3O2/c1-3-17-14-7-5-9-19(11-14)12-16(20)18-13-6-4-8-15(10-13)21-2/h4,6,8,10,14,17H,3,5,7,9,11-12H2,1-2H3,(H,18,20). The van der Waals surface area contributed by atoms with Gasteiger partial charge in [-0.15, -0.1) is 0 Å². The van der Waals surface area contributed by atoms with Crippen molar-refractivity contribution in [3.8, 4) is 5.75 Å². The highest BCUT2D eigenvalue weighted by Gasteiger charge is 2.20. The second kappa shape index (κ2) is 8.00. The molecule has 0 saturated carbocycles. The Balaban J connectivity index is 1.83. The summed E-state index contributed by atoms with van der Waals surface area (Å²) < 4.78 is 5.16. The van der Waals surface area contributed by atoms with Crippen LogP contribution in [0.2, 0.25) is 0 Å². The normalized spacial score (nSPS) is 19.2. The number of likely N-dealkylation sites (tertiary alicyclic amines) is 1. The van der Waals surface area contributed by atoms with Gasteiger partial charge in [-0.2, -0.15) is 0 Å². The van der Waals surface area contributed by atoms with Gasteiger partial charge in [0.2, 0.25) is 5.91 Å². The van der Waals surface area contributed by atoms with Crippen LogP contribution in [-0.2, 0) is 4.79 Å². The van der Waals surface area contributed by atoms with Crippen LogP contribution in [-0.4, -0.2) is 50.1 Å². The Hall–Kier alpha value is -1.59. The lowest BCUT2D eigenvalue weighted by molar-refractivity contribution is -0.117. The highest BCUT2D eigenvalue weighted by molar-refractivity contribution is 5.92. The molecule has 1 amide bonds. The number of amides is 1. The molecule has 2 rings (SSSR count). The lowest BCUT2D eigenvalue weighted by Gasteiger charge is -2.32. The van der Waals surface area contributed by atoms with E-state index in [1.807, 2.05) is 24.3 Å². The SMILES string of the molecule is CCNC1CCCN(CC(=O)Nc2cccc(OC)c2)C1. The molecule has 2 N–H and O–H groups in total. The van der Waals surface area contributed by atoms with Gasteiger partial charge < -0.3 is 15.4 Å². The lowest BCUT2D eigenvalue weighted by atomic mass is 10.1. The number of methoxy groups -OCH3 is 1. The van der Waals surface area contributed by atoms with Gasteiger partial charge in [0, 0.05) is 24.3 Å². The topological polar surface area (TPSA) is 53.6 Å². The first kappa shape index (κ1) is 15.8. The summed E-state index contributed by atoms with van der Waals surface area (Å²) in [7, 11) is 1.62. The maximum atomic E-state index is 12.1. The van der Waals surface area contributed by atoms with E-state index in [2.05, 4.69) is 22.5 Å². The van der Waals surface area contributed by atoms with E-state index in [1.54, 1.807) is 7.11 Å². The van der Waals surface area contributed by atoms with Gasteiger partial charge in [-0.3, -0.25) is 9.69 Å². The third-order valence-electron chi connectivity index (χ3n) is 3.72. The Morgan fingerprint density at radius 3 is 3.10 bits per heavy atom. The number of nitrogens with zero attached hydrogens (tertiary/aromatic N) is 1. The minimum Gasteiger partial charge on any atom is -0.497 e. The fourth-order valence-electron chi connectivity index (χ4n) is 2.76. The Morgan fingerprint density at radius 1 is 1.48 bits per heavy atom. The Morgan fingerprint density at radius 2 is 2.33 bits per heavy atom. The molecule has 1 heterocycles. The molecule has 5 heteroatoms. The summed E-state index contributed by atoms with van der Waals surface area (Å²) in [5, 5.41) is 6.39. The summed E-state index contributed by atoms with van der Waals surface area (Å²) in [5.74, 6) is 0.776. The highest BCUT2D eigenvalue weighted by atomic mass is 16.5. The van der Waals surface area contributed by atoms with Crippen LogP contribution in [0.4, 0.5) is 5.69 Å². The van der Waals surface area contributed by atoms with Crippen molar-refractivity contribution in [3.05, 3.63) is 24.3 Å². The first-order valence-corrected chi connectivity index (χ1v) is 7.61. The molecule has 1 aliphatic rings. The second-order valence-corrected chi connectivity index (χ2v) is 5.41. The molecular weight excluding hydrogens is 266 g/mol. The zero-order valence-electron chi connectivity index (χ0n) is 12.9. The van der Waals surface area contributed by atoms with E-state index in [9.17, 15) is 4.79 Å². The fourth-order valence-corrected chi connectivity index (χ4v) is 2.76. The average molecular weight is 291 g/mol. The van der Waals surface area contributed by atoms with Gasteiger partial charge in [0.15, 0.2) is 0 Å². The van der Waals surface area contributed by atoms with Gasteiger partial charge in [0.05, 0.1) is 13.7 Å². The molecule has 0 aliphatic carbocycles. The number of anilines is 1. The molecule has 1 fully saturated rings. The van der Waals surface area contributed by atoms with E-state index in [0.29, 0.717) is 12.6 Å². The summed E-state index contributed by atoms with van der Waals surface area (Å²) in [6, 6.07) is 7.94. The fraction of sp³-hybridized carbons (Fsp3) is 0.562. The maximum Gasteiger partial charge on any atom is 0.238 e. The number of ether oxygens (including phenoxy) is 1. The number of likely N-dealkylation sites (N-methyl/N-ethyl adjacent to an activating group) is 1. The quantitative estimate of drug-likeness (QED) is 0.838. The number of hydrogen-bond donors (Lipinski definition) is 2.